The second-order valence-corrected chi connectivity index (χ2v) is 7.28. The zero-order valence-corrected chi connectivity index (χ0v) is 16.3. The summed E-state index contributed by atoms with van der Waals surface area (Å²) in [5.74, 6) is 6.76. The molecule has 1 saturated heterocycles. The molecule has 1 atom stereocenters. The molecule has 1 fully saturated rings. The van der Waals surface area contributed by atoms with Crippen LogP contribution in [-0.2, 0) is 0 Å². The summed E-state index contributed by atoms with van der Waals surface area (Å²) < 4.78 is 6.15. The maximum Gasteiger partial charge on any atom is 0.249 e. The van der Waals surface area contributed by atoms with Crippen molar-refractivity contribution < 1.29 is 4.74 Å². The Morgan fingerprint density at radius 3 is 2.79 bits per heavy atom. The van der Waals surface area contributed by atoms with E-state index in [0.717, 1.165) is 24.0 Å². The highest BCUT2D eigenvalue weighted by molar-refractivity contribution is 5.71. The van der Waals surface area contributed by atoms with Crippen LogP contribution >= 0.6 is 0 Å². The molecule has 0 radical (unpaired) electrons. The molecule has 0 N–H and O–H groups in total. The molecular formula is C23H24N4O. The molecule has 142 valence electrons. The first-order valence-corrected chi connectivity index (χ1v) is 9.79. The minimum absolute atomic E-state index is 0.404. The second-order valence-electron chi connectivity index (χ2n) is 7.28. The molecule has 1 aliphatic rings. The molecule has 1 aliphatic heterocycles. The van der Waals surface area contributed by atoms with Crippen LogP contribution in [0.4, 0.5) is 0 Å². The minimum atomic E-state index is 0.404. The predicted octanol–water partition coefficient (Wildman–Crippen LogP) is 3.68. The van der Waals surface area contributed by atoms with Crippen molar-refractivity contribution >= 4 is 11.2 Å². The summed E-state index contributed by atoms with van der Waals surface area (Å²) in [5, 5.41) is 0. The number of hydrogen-bond donors (Lipinski definition) is 0. The molecule has 0 saturated carbocycles. The van der Waals surface area contributed by atoms with Gasteiger partial charge in [0.1, 0.15) is 12.1 Å². The summed E-state index contributed by atoms with van der Waals surface area (Å²) in [6, 6.07) is 14.5. The fraction of sp³-hybridized carbons (Fsp3) is 0.348. The van der Waals surface area contributed by atoms with Gasteiger partial charge in [-0.15, -0.1) is 0 Å². The Kier molecular flexibility index (Phi) is 5.50. The molecule has 0 unspecified atom stereocenters. The molecule has 28 heavy (non-hydrogen) atoms. The van der Waals surface area contributed by atoms with Gasteiger partial charge in [0.2, 0.25) is 5.88 Å². The van der Waals surface area contributed by atoms with Gasteiger partial charge in [0, 0.05) is 23.8 Å². The Balaban J connectivity index is 1.63. The molecule has 3 aromatic rings. The van der Waals surface area contributed by atoms with E-state index in [-0.39, 0.29) is 0 Å². The van der Waals surface area contributed by atoms with Crippen molar-refractivity contribution in [3.05, 3.63) is 59.9 Å². The predicted molar refractivity (Wildman–Crippen MR) is 110 cm³/mol. The molecule has 3 heterocycles. The molecule has 0 aliphatic carbocycles. The number of pyridine rings is 1. The van der Waals surface area contributed by atoms with Gasteiger partial charge in [-0.3, -0.25) is 4.90 Å². The van der Waals surface area contributed by atoms with Gasteiger partial charge in [-0.1, -0.05) is 24.1 Å². The zero-order valence-electron chi connectivity index (χ0n) is 16.3. The molecule has 5 nitrogen and oxygen atoms in total. The van der Waals surface area contributed by atoms with Crippen LogP contribution in [0.2, 0.25) is 0 Å². The van der Waals surface area contributed by atoms with Crippen LogP contribution < -0.4 is 4.74 Å². The number of hydrogen-bond acceptors (Lipinski definition) is 5. The van der Waals surface area contributed by atoms with Crippen molar-refractivity contribution in [3.8, 4) is 17.7 Å². The van der Waals surface area contributed by atoms with Crippen molar-refractivity contribution in [2.75, 3.05) is 13.2 Å². The van der Waals surface area contributed by atoms with Crippen LogP contribution in [-0.4, -0.2) is 45.1 Å². The second kappa shape index (κ2) is 8.37. The average Bonchev–Trinajstić information content (AvgIpc) is 3.20. The number of nitrogens with zero attached hydrogens (tertiary/aromatic N) is 4. The molecule has 5 heteroatoms. The zero-order chi connectivity index (χ0) is 19.3. The Morgan fingerprint density at radius 2 is 1.96 bits per heavy atom. The van der Waals surface area contributed by atoms with Crippen LogP contribution in [0, 0.1) is 11.8 Å². The lowest BCUT2D eigenvalue weighted by Crippen LogP contribution is -2.39. The van der Waals surface area contributed by atoms with Crippen LogP contribution in [0.5, 0.6) is 5.88 Å². The van der Waals surface area contributed by atoms with Crippen molar-refractivity contribution in [1.29, 1.82) is 0 Å². The van der Waals surface area contributed by atoms with Crippen LogP contribution in [0.3, 0.4) is 0 Å². The Hall–Kier alpha value is -2.97. The summed E-state index contributed by atoms with van der Waals surface area (Å²) in [6.45, 7) is 6.19. The largest absolute Gasteiger partial charge is 0.474 e. The Bertz CT molecular complexity index is 1010. The molecule has 1 aromatic carbocycles. The van der Waals surface area contributed by atoms with E-state index in [2.05, 4.69) is 45.5 Å². The van der Waals surface area contributed by atoms with Crippen molar-refractivity contribution in [2.45, 2.75) is 38.8 Å². The fourth-order valence-corrected chi connectivity index (χ4v) is 3.60. The molecule has 0 amide bonds. The lowest BCUT2D eigenvalue weighted by atomic mass is 10.2. The van der Waals surface area contributed by atoms with E-state index in [9.17, 15) is 0 Å². The van der Waals surface area contributed by atoms with Gasteiger partial charge < -0.3 is 4.74 Å². The van der Waals surface area contributed by atoms with Crippen molar-refractivity contribution in [1.82, 2.24) is 19.9 Å². The molecule has 0 bridgehead atoms. The van der Waals surface area contributed by atoms with E-state index < -0.39 is 0 Å². The van der Waals surface area contributed by atoms with Gasteiger partial charge in [-0.05, 0) is 63.4 Å². The van der Waals surface area contributed by atoms with Crippen LogP contribution in [0.15, 0.2) is 48.7 Å². The van der Waals surface area contributed by atoms with Gasteiger partial charge in [0.15, 0.2) is 11.3 Å². The summed E-state index contributed by atoms with van der Waals surface area (Å²) in [4.78, 5) is 16.1. The van der Waals surface area contributed by atoms with E-state index >= 15 is 0 Å². The smallest absolute Gasteiger partial charge is 0.249 e. The van der Waals surface area contributed by atoms with Gasteiger partial charge in [0.25, 0.3) is 0 Å². The van der Waals surface area contributed by atoms with Gasteiger partial charge in [-0.25, -0.2) is 15.0 Å². The lowest BCUT2D eigenvalue weighted by Gasteiger charge is -2.28. The monoisotopic (exact) mass is 372 g/mol. The SMILES string of the molecule is CC(C)N1CCC[C@@H]1COc1nc2cccnc2nc1C#Cc1ccccc1. The van der Waals surface area contributed by atoms with Crippen molar-refractivity contribution in [2.24, 2.45) is 0 Å². The first-order valence-electron chi connectivity index (χ1n) is 9.79. The Labute approximate surface area is 165 Å². The number of benzene rings is 1. The highest BCUT2D eigenvalue weighted by Gasteiger charge is 2.27. The average molecular weight is 372 g/mol. The quantitative estimate of drug-likeness (QED) is 0.654. The molecular weight excluding hydrogens is 348 g/mol. The van der Waals surface area contributed by atoms with E-state index in [1.807, 2.05) is 42.5 Å². The summed E-state index contributed by atoms with van der Waals surface area (Å²) in [6.07, 6.45) is 4.07. The highest BCUT2D eigenvalue weighted by atomic mass is 16.5. The summed E-state index contributed by atoms with van der Waals surface area (Å²) in [5.41, 5.74) is 2.76. The number of likely N-dealkylation sites (tertiary alicyclic amines) is 1. The summed E-state index contributed by atoms with van der Waals surface area (Å²) >= 11 is 0. The Morgan fingerprint density at radius 1 is 1.11 bits per heavy atom. The number of ether oxygens (including phenoxy) is 1. The molecule has 4 rings (SSSR count). The standard InChI is InChI=1S/C23H24N4O/c1-17(2)27-15-7-10-19(27)16-28-23-21(13-12-18-8-4-3-5-9-18)25-22-20(26-23)11-6-14-24-22/h3-6,8-9,11,14,17,19H,7,10,15-16H2,1-2H3/t19-/m1/s1. The van der Waals surface area contributed by atoms with E-state index in [4.69, 9.17) is 4.74 Å². The first-order chi connectivity index (χ1) is 13.7. The number of aromatic nitrogens is 3. The van der Waals surface area contributed by atoms with Crippen LogP contribution in [0.1, 0.15) is 37.9 Å². The van der Waals surface area contributed by atoms with E-state index in [1.165, 1.54) is 6.42 Å². The van der Waals surface area contributed by atoms with Gasteiger partial charge in [0.05, 0.1) is 0 Å². The normalized spacial score (nSPS) is 16.9. The maximum atomic E-state index is 6.15. The molecule has 0 spiro atoms. The highest BCUT2D eigenvalue weighted by Crippen LogP contribution is 2.22. The third kappa shape index (κ3) is 4.13. The number of fused-ring (bicyclic) bond motifs is 1. The topological polar surface area (TPSA) is 51.1 Å². The third-order valence-corrected chi connectivity index (χ3v) is 5.01. The maximum absolute atomic E-state index is 6.15. The number of rotatable bonds is 4. The van der Waals surface area contributed by atoms with E-state index in [0.29, 0.717) is 35.9 Å². The van der Waals surface area contributed by atoms with Crippen molar-refractivity contribution in [3.63, 3.8) is 0 Å². The van der Waals surface area contributed by atoms with E-state index in [1.54, 1.807) is 6.20 Å². The van der Waals surface area contributed by atoms with Gasteiger partial charge in [-0.2, -0.15) is 0 Å². The first kappa shape index (κ1) is 18.4. The fourth-order valence-electron chi connectivity index (χ4n) is 3.60. The minimum Gasteiger partial charge on any atom is -0.474 e. The third-order valence-electron chi connectivity index (χ3n) is 5.01. The lowest BCUT2D eigenvalue weighted by molar-refractivity contribution is 0.141. The van der Waals surface area contributed by atoms with Gasteiger partial charge >= 0.3 is 0 Å². The van der Waals surface area contributed by atoms with Crippen LogP contribution in [0.25, 0.3) is 11.2 Å². The molecule has 2 aromatic heterocycles. The summed E-state index contributed by atoms with van der Waals surface area (Å²) in [7, 11) is 0.